The van der Waals surface area contributed by atoms with Gasteiger partial charge in [-0.2, -0.15) is 4.31 Å². The van der Waals surface area contributed by atoms with Gasteiger partial charge in [0.1, 0.15) is 6.04 Å². The summed E-state index contributed by atoms with van der Waals surface area (Å²) in [7, 11) is -2.00. The summed E-state index contributed by atoms with van der Waals surface area (Å²) in [5, 5.41) is 0. The predicted molar refractivity (Wildman–Crippen MR) is 108 cm³/mol. The van der Waals surface area contributed by atoms with Crippen molar-refractivity contribution >= 4 is 27.7 Å². The molecule has 5 nitrogen and oxygen atoms in total. The zero-order valence-electron chi connectivity index (χ0n) is 15.1. The standard InChI is InChI=1S/C20H22N2O3S2/c1-21(16-11-12-16)20(23)18-13-26-14-22(18)27(24,25)19-10-6-5-9-17(19)15-7-3-2-4-8-15/h2-10,16,18H,11-14H2,1H3. The maximum absolute atomic E-state index is 13.5. The first-order valence-electron chi connectivity index (χ1n) is 9.01. The third kappa shape index (κ3) is 3.51. The van der Waals surface area contributed by atoms with Crippen LogP contribution in [0.1, 0.15) is 12.8 Å². The second kappa shape index (κ2) is 7.30. The van der Waals surface area contributed by atoms with Crippen molar-refractivity contribution in [2.45, 2.75) is 29.8 Å². The molecule has 1 aliphatic carbocycles. The largest absolute Gasteiger partial charge is 0.341 e. The molecule has 1 heterocycles. The van der Waals surface area contributed by atoms with Crippen LogP contribution in [0.25, 0.3) is 11.1 Å². The molecule has 142 valence electrons. The minimum Gasteiger partial charge on any atom is -0.341 e. The van der Waals surface area contributed by atoms with Crippen molar-refractivity contribution in [2.75, 3.05) is 18.7 Å². The Bertz CT molecular complexity index is 943. The van der Waals surface area contributed by atoms with E-state index in [0.29, 0.717) is 17.2 Å². The number of sulfonamides is 1. The van der Waals surface area contributed by atoms with Gasteiger partial charge in [-0.25, -0.2) is 8.42 Å². The summed E-state index contributed by atoms with van der Waals surface area (Å²) in [5.41, 5.74) is 1.51. The van der Waals surface area contributed by atoms with Crippen LogP contribution in [0.2, 0.25) is 0 Å². The van der Waals surface area contributed by atoms with Gasteiger partial charge in [-0.15, -0.1) is 11.8 Å². The predicted octanol–water partition coefficient (Wildman–Crippen LogP) is 3.04. The highest BCUT2D eigenvalue weighted by Crippen LogP contribution is 2.35. The number of hydrogen-bond acceptors (Lipinski definition) is 4. The van der Waals surface area contributed by atoms with Gasteiger partial charge in [0, 0.05) is 24.4 Å². The van der Waals surface area contributed by atoms with Gasteiger partial charge in [-0.1, -0.05) is 48.5 Å². The Morgan fingerprint density at radius 1 is 1.07 bits per heavy atom. The van der Waals surface area contributed by atoms with E-state index in [1.54, 1.807) is 24.1 Å². The summed E-state index contributed by atoms with van der Waals surface area (Å²) >= 11 is 1.49. The van der Waals surface area contributed by atoms with Gasteiger partial charge in [0.05, 0.1) is 10.8 Å². The summed E-state index contributed by atoms with van der Waals surface area (Å²) in [6.07, 6.45) is 2.01. The molecule has 2 aliphatic rings. The fraction of sp³-hybridized carbons (Fsp3) is 0.350. The molecule has 2 aromatic carbocycles. The van der Waals surface area contributed by atoms with Gasteiger partial charge in [0.2, 0.25) is 15.9 Å². The van der Waals surface area contributed by atoms with Crippen LogP contribution in [0.15, 0.2) is 59.5 Å². The van der Waals surface area contributed by atoms with E-state index in [9.17, 15) is 13.2 Å². The number of carbonyl (C=O) groups excluding carboxylic acids is 1. The van der Waals surface area contributed by atoms with Gasteiger partial charge in [-0.3, -0.25) is 4.79 Å². The van der Waals surface area contributed by atoms with E-state index in [4.69, 9.17) is 0 Å². The number of thioether (sulfide) groups is 1. The van der Waals surface area contributed by atoms with Crippen LogP contribution in [-0.4, -0.2) is 54.3 Å². The molecule has 1 aliphatic heterocycles. The van der Waals surface area contributed by atoms with E-state index in [1.165, 1.54) is 16.1 Å². The quantitative estimate of drug-likeness (QED) is 0.771. The minimum absolute atomic E-state index is 0.0942. The van der Waals surface area contributed by atoms with Crippen LogP contribution in [0.4, 0.5) is 0 Å². The van der Waals surface area contributed by atoms with E-state index >= 15 is 0 Å². The average Bonchev–Trinajstić information content (AvgIpc) is 3.43. The maximum atomic E-state index is 13.5. The normalized spacial score (nSPS) is 20.6. The number of hydrogen-bond donors (Lipinski definition) is 0. The number of benzene rings is 2. The second-order valence-corrected chi connectivity index (χ2v) is 9.81. The van der Waals surface area contributed by atoms with Crippen molar-refractivity contribution in [1.29, 1.82) is 0 Å². The smallest absolute Gasteiger partial charge is 0.245 e. The fourth-order valence-corrected chi connectivity index (χ4v) is 6.76. The van der Waals surface area contributed by atoms with Crippen LogP contribution >= 0.6 is 11.8 Å². The lowest BCUT2D eigenvalue weighted by Gasteiger charge is -2.27. The molecule has 4 rings (SSSR count). The molecule has 7 heteroatoms. The van der Waals surface area contributed by atoms with E-state index in [2.05, 4.69) is 0 Å². The monoisotopic (exact) mass is 402 g/mol. The Labute approximate surface area is 164 Å². The van der Waals surface area contributed by atoms with Crippen LogP contribution in [0, 0.1) is 0 Å². The van der Waals surface area contributed by atoms with Crippen molar-refractivity contribution in [2.24, 2.45) is 0 Å². The van der Waals surface area contributed by atoms with Gasteiger partial charge in [-0.05, 0) is 24.5 Å². The van der Waals surface area contributed by atoms with Gasteiger partial charge < -0.3 is 4.90 Å². The van der Waals surface area contributed by atoms with E-state index in [-0.39, 0.29) is 16.8 Å². The number of amides is 1. The molecule has 1 atom stereocenters. The summed E-state index contributed by atoms with van der Waals surface area (Å²) < 4.78 is 28.4. The molecular weight excluding hydrogens is 380 g/mol. The zero-order chi connectivity index (χ0) is 19.0. The highest BCUT2D eigenvalue weighted by atomic mass is 32.2. The summed E-state index contributed by atoms with van der Waals surface area (Å²) in [4.78, 5) is 14.9. The van der Waals surface area contributed by atoms with Gasteiger partial charge in [0.15, 0.2) is 0 Å². The van der Waals surface area contributed by atoms with Crippen LogP contribution in [-0.2, 0) is 14.8 Å². The number of carbonyl (C=O) groups is 1. The van der Waals surface area contributed by atoms with Crippen LogP contribution in [0.5, 0.6) is 0 Å². The highest BCUT2D eigenvalue weighted by Gasteiger charge is 2.44. The van der Waals surface area contributed by atoms with E-state index in [1.807, 2.05) is 42.5 Å². The summed E-state index contributed by atoms with van der Waals surface area (Å²) in [6.45, 7) is 0. The molecule has 0 bridgehead atoms. The first kappa shape index (κ1) is 18.5. The Morgan fingerprint density at radius 3 is 2.44 bits per heavy atom. The first-order chi connectivity index (χ1) is 13.0. The van der Waals surface area contributed by atoms with Crippen molar-refractivity contribution in [3.05, 3.63) is 54.6 Å². The minimum atomic E-state index is -3.79. The lowest BCUT2D eigenvalue weighted by atomic mass is 10.1. The van der Waals surface area contributed by atoms with Crippen LogP contribution in [0.3, 0.4) is 0 Å². The number of likely N-dealkylation sites (N-methyl/N-ethyl adjacent to an activating group) is 1. The lowest BCUT2D eigenvalue weighted by molar-refractivity contribution is -0.133. The summed E-state index contributed by atoms with van der Waals surface area (Å²) in [5.74, 6) is 0.714. The Kier molecular flexibility index (Phi) is 5.01. The maximum Gasteiger partial charge on any atom is 0.245 e. The third-order valence-electron chi connectivity index (χ3n) is 5.13. The van der Waals surface area contributed by atoms with Crippen LogP contribution < -0.4 is 0 Å². The second-order valence-electron chi connectivity index (χ2n) is 6.95. The third-order valence-corrected chi connectivity index (χ3v) is 8.22. The summed E-state index contributed by atoms with van der Waals surface area (Å²) in [6, 6.07) is 16.1. The van der Waals surface area contributed by atoms with Crippen molar-refractivity contribution in [3.63, 3.8) is 0 Å². The van der Waals surface area contributed by atoms with Gasteiger partial charge in [0.25, 0.3) is 0 Å². The lowest BCUT2D eigenvalue weighted by Crippen LogP contribution is -2.48. The van der Waals surface area contributed by atoms with Crippen molar-refractivity contribution < 1.29 is 13.2 Å². The van der Waals surface area contributed by atoms with E-state index < -0.39 is 16.1 Å². The Morgan fingerprint density at radius 2 is 1.74 bits per heavy atom. The molecule has 0 N–H and O–H groups in total. The molecule has 1 unspecified atom stereocenters. The Hall–Kier alpha value is -1.83. The molecule has 0 spiro atoms. The van der Waals surface area contributed by atoms with E-state index in [0.717, 1.165) is 18.4 Å². The highest BCUT2D eigenvalue weighted by molar-refractivity contribution is 8.00. The SMILES string of the molecule is CN(C(=O)C1CSCN1S(=O)(=O)c1ccccc1-c1ccccc1)C1CC1. The zero-order valence-corrected chi connectivity index (χ0v) is 16.7. The topological polar surface area (TPSA) is 57.7 Å². The average molecular weight is 403 g/mol. The molecule has 27 heavy (non-hydrogen) atoms. The molecule has 0 aromatic heterocycles. The first-order valence-corrected chi connectivity index (χ1v) is 11.6. The molecule has 1 saturated heterocycles. The molecule has 2 aromatic rings. The number of nitrogens with zero attached hydrogens (tertiary/aromatic N) is 2. The van der Waals surface area contributed by atoms with Crippen molar-refractivity contribution in [1.82, 2.24) is 9.21 Å². The Balaban J connectivity index is 1.70. The number of rotatable bonds is 5. The molecule has 0 radical (unpaired) electrons. The van der Waals surface area contributed by atoms with Crippen molar-refractivity contribution in [3.8, 4) is 11.1 Å². The molecule has 1 amide bonds. The fourth-order valence-electron chi connectivity index (χ4n) is 3.41. The molecular formula is C20H22N2O3S2. The van der Waals surface area contributed by atoms with Gasteiger partial charge >= 0.3 is 0 Å². The molecule has 1 saturated carbocycles. The molecule has 2 fully saturated rings.